The summed E-state index contributed by atoms with van der Waals surface area (Å²) >= 11 is 3.43. The van der Waals surface area contributed by atoms with Gasteiger partial charge in [-0.15, -0.1) is 0 Å². The molecule has 2 rings (SSSR count). The van der Waals surface area contributed by atoms with Gasteiger partial charge >= 0.3 is 0 Å². The van der Waals surface area contributed by atoms with Crippen molar-refractivity contribution in [2.45, 2.75) is 37.2 Å². The smallest absolute Gasteiger partial charge is 0.191 e. The number of halogens is 1. The van der Waals surface area contributed by atoms with Gasteiger partial charge in [-0.3, -0.25) is 0 Å². The predicted molar refractivity (Wildman–Crippen MR) is 94.0 cm³/mol. The highest BCUT2D eigenvalue weighted by atomic mass is 79.9. The zero-order valence-corrected chi connectivity index (χ0v) is 14.3. The molecule has 1 aromatic rings. The van der Waals surface area contributed by atoms with Crippen molar-refractivity contribution >= 4 is 15.9 Å². The number of hydrogen-bond acceptors (Lipinski definition) is 2. The van der Waals surface area contributed by atoms with Gasteiger partial charge in [0.25, 0.3) is 0 Å². The Hall–Kier alpha value is -1.37. The Morgan fingerprint density at radius 1 is 1.05 bits per heavy atom. The van der Waals surface area contributed by atoms with E-state index in [1.54, 1.807) is 0 Å². The van der Waals surface area contributed by atoms with E-state index < -0.39 is 5.60 Å². The second-order valence-electron chi connectivity index (χ2n) is 5.51. The summed E-state index contributed by atoms with van der Waals surface area (Å²) in [4.78, 5) is 0. The van der Waals surface area contributed by atoms with Crippen LogP contribution >= 0.6 is 15.9 Å². The number of allylic oxidation sites excluding steroid dienone is 2. The average Bonchev–Trinajstić information content (AvgIpc) is 2.59. The van der Waals surface area contributed by atoms with Crippen molar-refractivity contribution in [2.75, 3.05) is 11.9 Å². The van der Waals surface area contributed by atoms with Crippen LogP contribution in [0.15, 0.2) is 54.6 Å². The first kappa shape index (κ1) is 17.0. The predicted octanol–water partition coefficient (Wildman–Crippen LogP) is 5.13. The lowest BCUT2D eigenvalue weighted by atomic mass is 9.89. The third-order valence-corrected chi connectivity index (χ3v) is 4.39. The highest BCUT2D eigenvalue weighted by Crippen LogP contribution is 2.28. The summed E-state index contributed by atoms with van der Waals surface area (Å²) in [5, 5.41) is 10.5. The van der Waals surface area contributed by atoms with E-state index >= 15 is 0 Å². The van der Waals surface area contributed by atoms with Gasteiger partial charge in [-0.25, -0.2) is 0 Å². The molecule has 3 heteroatoms. The number of hydrogen-bond donors (Lipinski definition) is 0. The van der Waals surface area contributed by atoms with Gasteiger partial charge in [0, 0.05) is 17.9 Å². The number of nitriles is 1. The first-order valence-electron chi connectivity index (χ1n) is 7.84. The van der Waals surface area contributed by atoms with Crippen LogP contribution in [0, 0.1) is 11.3 Å². The molecular formula is C19H22BrNO. The second kappa shape index (κ2) is 8.92. The Morgan fingerprint density at radius 3 is 2.36 bits per heavy atom. The van der Waals surface area contributed by atoms with Gasteiger partial charge in [-0.1, -0.05) is 71.3 Å². The topological polar surface area (TPSA) is 33.0 Å². The van der Waals surface area contributed by atoms with Crippen molar-refractivity contribution in [2.24, 2.45) is 0 Å². The number of ether oxygens (including phenoxy) is 1. The monoisotopic (exact) mass is 359 g/mol. The minimum atomic E-state index is -0.888. The van der Waals surface area contributed by atoms with E-state index in [2.05, 4.69) is 46.3 Å². The van der Waals surface area contributed by atoms with Crippen LogP contribution in [0.25, 0.3) is 0 Å². The first-order chi connectivity index (χ1) is 10.8. The largest absolute Gasteiger partial charge is 0.353 e. The Balaban J connectivity index is 1.86. The van der Waals surface area contributed by atoms with Crippen LogP contribution in [-0.2, 0) is 4.74 Å². The Morgan fingerprint density at radius 2 is 1.73 bits per heavy atom. The van der Waals surface area contributed by atoms with E-state index in [-0.39, 0.29) is 5.92 Å². The molecule has 22 heavy (non-hydrogen) atoms. The van der Waals surface area contributed by atoms with Crippen LogP contribution in [0.5, 0.6) is 0 Å². The lowest BCUT2D eigenvalue weighted by Gasteiger charge is -2.25. The highest BCUT2D eigenvalue weighted by Gasteiger charge is 2.27. The van der Waals surface area contributed by atoms with Gasteiger partial charge < -0.3 is 4.74 Å². The molecule has 0 spiro atoms. The van der Waals surface area contributed by atoms with Crippen molar-refractivity contribution in [3.05, 3.63) is 60.2 Å². The van der Waals surface area contributed by atoms with Crippen molar-refractivity contribution in [3.8, 4) is 6.07 Å². The van der Waals surface area contributed by atoms with Crippen molar-refractivity contribution in [1.82, 2.24) is 0 Å². The molecule has 0 aliphatic heterocycles. The van der Waals surface area contributed by atoms with Crippen LogP contribution in [0.4, 0.5) is 0 Å². The number of unbranched alkanes of at least 4 members (excludes halogenated alkanes) is 3. The molecule has 0 saturated carbocycles. The van der Waals surface area contributed by atoms with Gasteiger partial charge in [0.05, 0.1) is 0 Å². The lowest BCUT2D eigenvalue weighted by Crippen LogP contribution is -2.28. The summed E-state index contributed by atoms with van der Waals surface area (Å²) in [6.07, 6.45) is 12.4. The molecule has 1 aliphatic carbocycles. The fourth-order valence-electron chi connectivity index (χ4n) is 2.50. The Labute approximate surface area is 141 Å². The third-order valence-electron chi connectivity index (χ3n) is 3.83. The summed E-state index contributed by atoms with van der Waals surface area (Å²) < 4.78 is 5.84. The van der Waals surface area contributed by atoms with E-state index in [4.69, 9.17) is 4.74 Å². The second-order valence-corrected chi connectivity index (χ2v) is 6.30. The maximum absolute atomic E-state index is 9.46. The van der Waals surface area contributed by atoms with Crippen molar-refractivity contribution in [1.29, 1.82) is 5.26 Å². The lowest BCUT2D eigenvalue weighted by molar-refractivity contribution is 0.0630. The zero-order valence-electron chi connectivity index (χ0n) is 12.7. The van der Waals surface area contributed by atoms with E-state index in [1.165, 1.54) is 18.4 Å². The van der Waals surface area contributed by atoms with E-state index in [0.29, 0.717) is 6.61 Å². The highest BCUT2D eigenvalue weighted by molar-refractivity contribution is 9.09. The van der Waals surface area contributed by atoms with Gasteiger partial charge in [-0.2, -0.15) is 5.26 Å². The normalized spacial score (nSPS) is 23.4. The van der Waals surface area contributed by atoms with E-state index in [9.17, 15) is 5.26 Å². The number of alkyl halides is 1. The molecular weight excluding hydrogens is 338 g/mol. The molecule has 0 unspecified atom stereocenters. The number of nitrogens with zero attached hydrogens (tertiary/aromatic N) is 1. The zero-order chi connectivity index (χ0) is 15.7. The quantitative estimate of drug-likeness (QED) is 0.366. The first-order valence-corrected chi connectivity index (χ1v) is 8.97. The maximum atomic E-state index is 9.46. The maximum Gasteiger partial charge on any atom is 0.191 e. The average molecular weight is 360 g/mol. The summed E-state index contributed by atoms with van der Waals surface area (Å²) in [6.45, 7) is 0.626. The Kier molecular flexibility index (Phi) is 6.89. The van der Waals surface area contributed by atoms with Crippen molar-refractivity contribution in [3.63, 3.8) is 0 Å². The fraction of sp³-hybridized carbons (Fsp3) is 0.421. The molecule has 0 fully saturated rings. The van der Waals surface area contributed by atoms with Gasteiger partial charge in [0.1, 0.15) is 6.07 Å². The molecule has 0 amide bonds. The van der Waals surface area contributed by atoms with Crippen LogP contribution in [-0.4, -0.2) is 17.5 Å². The van der Waals surface area contributed by atoms with E-state index in [1.807, 2.05) is 30.4 Å². The molecule has 0 aromatic heterocycles. The summed E-state index contributed by atoms with van der Waals surface area (Å²) in [7, 11) is 0. The summed E-state index contributed by atoms with van der Waals surface area (Å²) in [5.41, 5.74) is 0.345. The van der Waals surface area contributed by atoms with Gasteiger partial charge in [0.2, 0.25) is 0 Å². The SMILES string of the molecule is N#CC1(OCCCCCCBr)C=CC(c2ccccc2)C=C1. The van der Waals surface area contributed by atoms with Crippen LogP contribution < -0.4 is 0 Å². The van der Waals surface area contributed by atoms with Crippen LogP contribution in [0.2, 0.25) is 0 Å². The summed E-state index contributed by atoms with van der Waals surface area (Å²) in [6, 6.07) is 12.6. The van der Waals surface area contributed by atoms with Gasteiger partial charge in [0.15, 0.2) is 5.60 Å². The number of benzene rings is 1. The van der Waals surface area contributed by atoms with E-state index in [0.717, 1.165) is 18.2 Å². The third kappa shape index (κ3) is 4.83. The molecule has 1 aliphatic rings. The molecule has 0 atom stereocenters. The van der Waals surface area contributed by atoms with Gasteiger partial charge in [-0.05, 0) is 30.6 Å². The molecule has 0 bridgehead atoms. The molecule has 1 aromatic carbocycles. The minimum Gasteiger partial charge on any atom is -0.353 e. The molecule has 116 valence electrons. The van der Waals surface area contributed by atoms with Crippen molar-refractivity contribution < 1.29 is 4.74 Å². The standard InChI is InChI=1S/C19H22BrNO/c20-14-6-1-2-7-15-22-19(16-21)12-10-18(11-13-19)17-8-4-3-5-9-17/h3-5,8-13,18H,1-2,6-7,14-15H2. The molecule has 0 saturated heterocycles. The summed E-state index contributed by atoms with van der Waals surface area (Å²) in [5.74, 6) is 0.227. The van der Waals surface area contributed by atoms with Crippen LogP contribution in [0.1, 0.15) is 37.2 Å². The minimum absolute atomic E-state index is 0.227. The molecule has 0 heterocycles. The number of rotatable bonds is 8. The Bertz CT molecular complexity index is 530. The molecule has 0 radical (unpaired) electrons. The van der Waals surface area contributed by atoms with Crippen LogP contribution in [0.3, 0.4) is 0 Å². The molecule has 0 N–H and O–H groups in total. The fourth-order valence-corrected chi connectivity index (χ4v) is 2.90. The molecule has 2 nitrogen and oxygen atoms in total.